The summed E-state index contributed by atoms with van der Waals surface area (Å²) in [5, 5.41) is 8.00. The third kappa shape index (κ3) is 4.30. The van der Waals surface area contributed by atoms with E-state index in [-0.39, 0.29) is 48.5 Å². The van der Waals surface area contributed by atoms with Gasteiger partial charge >= 0.3 is 0 Å². The normalized spacial score (nSPS) is 20.9. The highest BCUT2D eigenvalue weighted by molar-refractivity contribution is 5.97. The fourth-order valence-corrected chi connectivity index (χ4v) is 4.08. The van der Waals surface area contributed by atoms with Crippen molar-refractivity contribution in [3.63, 3.8) is 0 Å². The molecule has 2 amide bonds. The molecule has 31 heavy (non-hydrogen) atoms. The highest BCUT2D eigenvalue weighted by atomic mass is 19.1. The zero-order valence-corrected chi connectivity index (χ0v) is 17.5. The van der Waals surface area contributed by atoms with Crippen LogP contribution in [0.15, 0.2) is 18.3 Å². The Bertz CT molecular complexity index is 961. The van der Waals surface area contributed by atoms with Crippen LogP contribution in [0.25, 0.3) is 0 Å². The van der Waals surface area contributed by atoms with Gasteiger partial charge in [-0.2, -0.15) is 4.98 Å². The summed E-state index contributed by atoms with van der Waals surface area (Å²) in [6.07, 6.45) is 2.55. The zero-order valence-electron chi connectivity index (χ0n) is 17.5. The second-order valence-electron chi connectivity index (χ2n) is 7.68. The summed E-state index contributed by atoms with van der Waals surface area (Å²) in [5.41, 5.74) is 0.487. The lowest BCUT2D eigenvalue weighted by Gasteiger charge is -2.24. The van der Waals surface area contributed by atoms with E-state index in [9.17, 15) is 14.0 Å². The molecule has 0 aliphatic carbocycles. The fourth-order valence-electron chi connectivity index (χ4n) is 4.08. The smallest absolute Gasteiger partial charge is 0.276 e. The number of halogens is 1. The quantitative estimate of drug-likeness (QED) is 0.675. The zero-order chi connectivity index (χ0) is 22.0. The molecule has 0 unspecified atom stereocenters. The van der Waals surface area contributed by atoms with Crippen molar-refractivity contribution >= 4 is 11.8 Å². The number of carbonyl (C=O) groups is 2. The minimum Gasteiger partial charge on any atom is -0.481 e. The molecule has 11 heteroatoms. The van der Waals surface area contributed by atoms with Crippen LogP contribution < -0.4 is 9.47 Å². The Morgan fingerprint density at radius 3 is 2.65 bits per heavy atom. The highest BCUT2D eigenvalue weighted by Crippen LogP contribution is 2.28. The molecule has 4 heterocycles. The van der Waals surface area contributed by atoms with E-state index in [1.807, 2.05) is 0 Å². The van der Waals surface area contributed by atoms with Crippen molar-refractivity contribution in [2.75, 3.05) is 33.9 Å². The topological polar surface area (TPSA) is 103 Å². The predicted molar refractivity (Wildman–Crippen MR) is 107 cm³/mol. The first kappa shape index (κ1) is 21.0. The van der Waals surface area contributed by atoms with Crippen LogP contribution in [-0.4, -0.2) is 87.7 Å². The van der Waals surface area contributed by atoms with E-state index in [0.717, 1.165) is 25.9 Å². The largest absolute Gasteiger partial charge is 0.481 e. The van der Waals surface area contributed by atoms with Crippen LogP contribution in [0, 0.1) is 0 Å². The van der Waals surface area contributed by atoms with Crippen LogP contribution in [-0.2, 0) is 6.54 Å². The number of nitrogens with zero attached hydrogens (tertiary/aromatic N) is 6. The Hall–Kier alpha value is -3.24. The Kier molecular flexibility index (Phi) is 6.01. The van der Waals surface area contributed by atoms with Crippen LogP contribution in [0.1, 0.15) is 40.1 Å². The minimum absolute atomic E-state index is 0.0348. The molecule has 10 nitrogen and oxygen atoms in total. The van der Waals surface area contributed by atoms with E-state index < -0.39 is 12.2 Å². The van der Waals surface area contributed by atoms with Gasteiger partial charge in [0.2, 0.25) is 11.8 Å². The maximum absolute atomic E-state index is 14.3. The van der Waals surface area contributed by atoms with Gasteiger partial charge in [0.25, 0.3) is 11.8 Å². The number of ether oxygens (including phenoxy) is 2. The van der Waals surface area contributed by atoms with Crippen molar-refractivity contribution in [2.45, 2.75) is 38.0 Å². The van der Waals surface area contributed by atoms with Crippen LogP contribution in [0.2, 0.25) is 0 Å². The molecular weight excluding hydrogens is 407 g/mol. The molecule has 2 aliphatic heterocycles. The maximum atomic E-state index is 14.3. The van der Waals surface area contributed by atoms with Gasteiger partial charge in [-0.25, -0.2) is 9.07 Å². The average Bonchev–Trinajstić information content (AvgIpc) is 3.54. The first-order valence-electron chi connectivity index (χ1n) is 10.2. The number of likely N-dealkylation sites (tertiary alicyclic amines) is 2. The first-order valence-corrected chi connectivity index (χ1v) is 10.2. The molecule has 2 saturated heterocycles. The molecule has 2 fully saturated rings. The Morgan fingerprint density at radius 1 is 1.16 bits per heavy atom. The summed E-state index contributed by atoms with van der Waals surface area (Å²) in [6.45, 7) is 1.64. The van der Waals surface area contributed by atoms with Crippen LogP contribution >= 0.6 is 0 Å². The molecular formula is C20H25FN6O4. The number of methoxy groups -OCH3 is 2. The van der Waals surface area contributed by atoms with Crippen molar-refractivity contribution in [2.24, 2.45) is 0 Å². The van der Waals surface area contributed by atoms with Crippen molar-refractivity contribution < 1.29 is 23.5 Å². The van der Waals surface area contributed by atoms with E-state index in [0.29, 0.717) is 5.88 Å². The summed E-state index contributed by atoms with van der Waals surface area (Å²) in [7, 11) is 2.88. The number of alkyl halides is 1. The predicted octanol–water partition coefficient (Wildman–Crippen LogP) is 1.18. The summed E-state index contributed by atoms with van der Waals surface area (Å²) in [5.74, 6) is -0.108. The van der Waals surface area contributed by atoms with Gasteiger partial charge < -0.3 is 19.3 Å². The van der Waals surface area contributed by atoms with Crippen molar-refractivity contribution in [1.82, 2.24) is 29.8 Å². The highest BCUT2D eigenvalue weighted by Gasteiger charge is 2.37. The second-order valence-corrected chi connectivity index (χ2v) is 7.68. The van der Waals surface area contributed by atoms with Gasteiger partial charge in [0, 0.05) is 25.6 Å². The molecule has 0 radical (unpaired) electrons. The maximum Gasteiger partial charge on any atom is 0.276 e. The molecule has 166 valence electrons. The van der Waals surface area contributed by atoms with Gasteiger partial charge in [0.15, 0.2) is 5.69 Å². The van der Waals surface area contributed by atoms with E-state index in [2.05, 4.69) is 15.3 Å². The molecule has 0 spiro atoms. The number of rotatable bonds is 6. The lowest BCUT2D eigenvalue weighted by atomic mass is 10.2. The van der Waals surface area contributed by atoms with E-state index in [1.165, 1.54) is 23.8 Å². The molecule has 2 atom stereocenters. The van der Waals surface area contributed by atoms with Gasteiger partial charge in [-0.1, -0.05) is 5.21 Å². The lowest BCUT2D eigenvalue weighted by Crippen LogP contribution is -2.38. The fraction of sp³-hybridized carbons (Fsp3) is 0.550. The number of hydrogen-bond donors (Lipinski definition) is 0. The standard InChI is InChI=1S/C20H25FN6O4/c1-30-17-6-5-15(18(22-17)31-2)19(28)27-10-13(21)9-14(27)11-26-12-16(23-24-26)20(29)25-7-3-4-8-25/h5-6,12-14H,3-4,7-11H2,1-2H3/t13-,14-/m0/s1. The van der Waals surface area contributed by atoms with Gasteiger partial charge in [-0.15, -0.1) is 5.10 Å². The Morgan fingerprint density at radius 2 is 1.94 bits per heavy atom. The van der Waals surface area contributed by atoms with Gasteiger partial charge in [-0.05, 0) is 18.9 Å². The summed E-state index contributed by atoms with van der Waals surface area (Å²) < 4.78 is 26.1. The molecule has 0 N–H and O–H groups in total. The van der Waals surface area contributed by atoms with Gasteiger partial charge in [0.1, 0.15) is 11.7 Å². The van der Waals surface area contributed by atoms with Crippen molar-refractivity contribution in [1.29, 1.82) is 0 Å². The number of pyridine rings is 1. The minimum atomic E-state index is -1.15. The van der Waals surface area contributed by atoms with Gasteiger partial charge in [-0.3, -0.25) is 9.59 Å². The SMILES string of the molecule is COc1ccc(C(=O)N2C[C@@H](F)C[C@H]2Cn2cc(C(=O)N3CCCC3)nn2)c(OC)n1. The molecule has 2 aromatic rings. The molecule has 0 saturated carbocycles. The lowest BCUT2D eigenvalue weighted by molar-refractivity contribution is 0.0709. The van der Waals surface area contributed by atoms with E-state index in [4.69, 9.17) is 9.47 Å². The average molecular weight is 432 g/mol. The monoisotopic (exact) mass is 432 g/mol. The second kappa shape index (κ2) is 8.86. The van der Waals surface area contributed by atoms with Gasteiger partial charge in [0.05, 0.1) is 39.5 Å². The van der Waals surface area contributed by atoms with E-state index >= 15 is 0 Å². The number of carbonyl (C=O) groups excluding carboxylic acids is 2. The number of aromatic nitrogens is 4. The third-order valence-corrected chi connectivity index (χ3v) is 5.64. The first-order chi connectivity index (χ1) is 15.0. The summed E-state index contributed by atoms with van der Waals surface area (Å²) >= 11 is 0. The molecule has 0 aromatic carbocycles. The van der Waals surface area contributed by atoms with Crippen molar-refractivity contribution in [3.8, 4) is 11.8 Å². The number of hydrogen-bond acceptors (Lipinski definition) is 7. The van der Waals surface area contributed by atoms with Crippen LogP contribution in [0.3, 0.4) is 0 Å². The number of amides is 2. The molecule has 2 aliphatic rings. The third-order valence-electron chi connectivity index (χ3n) is 5.64. The summed E-state index contributed by atoms with van der Waals surface area (Å²) in [6, 6.07) is 2.67. The molecule has 4 rings (SSSR count). The summed E-state index contributed by atoms with van der Waals surface area (Å²) in [4.78, 5) is 33.0. The van der Waals surface area contributed by atoms with Crippen LogP contribution in [0.5, 0.6) is 11.8 Å². The Balaban J connectivity index is 1.50. The van der Waals surface area contributed by atoms with Crippen molar-refractivity contribution in [3.05, 3.63) is 29.6 Å². The molecule has 2 aromatic heterocycles. The van der Waals surface area contributed by atoms with Crippen LogP contribution in [0.4, 0.5) is 4.39 Å². The molecule has 0 bridgehead atoms. The van der Waals surface area contributed by atoms with E-state index in [1.54, 1.807) is 23.2 Å². The Labute approximate surface area is 178 Å².